The van der Waals surface area contributed by atoms with Crippen molar-refractivity contribution in [1.29, 1.82) is 0 Å². The molecule has 1 N–H and O–H groups in total. The van der Waals surface area contributed by atoms with Gasteiger partial charge in [0.05, 0.1) is 6.54 Å². The fraction of sp³-hybridized carbons (Fsp3) is 0.231. The summed E-state index contributed by atoms with van der Waals surface area (Å²) in [7, 11) is 0. The summed E-state index contributed by atoms with van der Waals surface area (Å²) in [5.41, 5.74) is 1.24. The molecule has 4 nitrogen and oxygen atoms in total. The number of hydrogen-bond donors (Lipinski definition) is 1. The van der Waals surface area contributed by atoms with E-state index < -0.39 is 5.97 Å². The topological polar surface area (TPSA) is 59.3 Å². The van der Waals surface area contributed by atoms with Gasteiger partial charge in [0.1, 0.15) is 4.88 Å². The summed E-state index contributed by atoms with van der Waals surface area (Å²) < 4.78 is 1.45. The van der Waals surface area contributed by atoms with Gasteiger partial charge in [-0.25, -0.2) is 4.79 Å². The number of carboxylic acids is 1. The molecule has 1 aromatic carbocycles. The summed E-state index contributed by atoms with van der Waals surface area (Å²) in [6, 6.07) is 5.01. The van der Waals surface area contributed by atoms with Crippen LogP contribution >= 0.6 is 34.5 Å². The maximum Gasteiger partial charge on any atom is 0.347 e. The highest BCUT2D eigenvalue weighted by atomic mass is 35.5. The molecule has 0 aliphatic carbocycles. The van der Waals surface area contributed by atoms with Crippen LogP contribution in [0.3, 0.4) is 0 Å². The first-order valence-electron chi connectivity index (χ1n) is 5.83. The summed E-state index contributed by atoms with van der Waals surface area (Å²) in [5, 5.41) is 10.1. The Kier molecular flexibility index (Phi) is 4.52. The second kappa shape index (κ2) is 5.99. The van der Waals surface area contributed by atoms with Crippen LogP contribution in [0.5, 0.6) is 0 Å². The molecule has 106 valence electrons. The van der Waals surface area contributed by atoms with Gasteiger partial charge in [0.25, 0.3) is 0 Å². The molecule has 0 spiro atoms. The average molecular weight is 332 g/mol. The van der Waals surface area contributed by atoms with Crippen molar-refractivity contribution in [3.05, 3.63) is 54.0 Å². The summed E-state index contributed by atoms with van der Waals surface area (Å²) in [6.07, 6.45) is 0.464. The molecule has 0 saturated heterocycles. The SMILES string of the molecule is CCc1c(C(=O)O)sc(=O)n1Cc1ccc(Cl)cc1Cl. The van der Waals surface area contributed by atoms with E-state index in [1.807, 2.05) is 6.92 Å². The highest BCUT2D eigenvalue weighted by molar-refractivity contribution is 7.11. The molecule has 2 rings (SSSR count). The van der Waals surface area contributed by atoms with Crippen molar-refractivity contribution in [2.75, 3.05) is 0 Å². The van der Waals surface area contributed by atoms with Gasteiger partial charge >= 0.3 is 10.8 Å². The molecule has 0 unspecified atom stereocenters. The number of nitrogens with zero attached hydrogens (tertiary/aromatic N) is 1. The van der Waals surface area contributed by atoms with Crippen molar-refractivity contribution >= 4 is 40.5 Å². The number of rotatable bonds is 4. The number of aromatic nitrogens is 1. The molecule has 0 aliphatic rings. The van der Waals surface area contributed by atoms with Crippen LogP contribution in [0.2, 0.25) is 10.0 Å². The van der Waals surface area contributed by atoms with Crippen LogP contribution in [0.4, 0.5) is 0 Å². The van der Waals surface area contributed by atoms with Gasteiger partial charge in [-0.2, -0.15) is 0 Å². The zero-order valence-electron chi connectivity index (χ0n) is 10.5. The molecule has 1 aromatic heterocycles. The minimum Gasteiger partial charge on any atom is -0.477 e. The molecule has 0 atom stereocenters. The molecular formula is C13H11Cl2NO3S. The smallest absolute Gasteiger partial charge is 0.347 e. The predicted octanol–water partition coefficient (Wildman–Crippen LogP) is 3.53. The van der Waals surface area contributed by atoms with Crippen LogP contribution in [0, 0.1) is 0 Å². The molecular weight excluding hydrogens is 321 g/mol. The highest BCUT2D eigenvalue weighted by Gasteiger charge is 2.19. The Morgan fingerprint density at radius 3 is 2.65 bits per heavy atom. The van der Waals surface area contributed by atoms with Gasteiger partial charge < -0.3 is 5.11 Å². The van der Waals surface area contributed by atoms with Crippen molar-refractivity contribution in [2.24, 2.45) is 0 Å². The van der Waals surface area contributed by atoms with E-state index in [4.69, 9.17) is 28.3 Å². The lowest BCUT2D eigenvalue weighted by atomic mass is 10.2. The van der Waals surface area contributed by atoms with Gasteiger partial charge in [-0.3, -0.25) is 9.36 Å². The van der Waals surface area contributed by atoms with E-state index in [-0.39, 0.29) is 16.3 Å². The van der Waals surface area contributed by atoms with Gasteiger partial charge in [-0.15, -0.1) is 0 Å². The molecule has 0 bridgehead atoms. The van der Waals surface area contributed by atoms with Crippen molar-refractivity contribution < 1.29 is 9.90 Å². The lowest BCUT2D eigenvalue weighted by molar-refractivity contribution is 0.0700. The normalized spacial score (nSPS) is 10.8. The zero-order valence-corrected chi connectivity index (χ0v) is 12.8. The first-order chi connectivity index (χ1) is 9.43. The molecule has 0 saturated carbocycles. The van der Waals surface area contributed by atoms with E-state index >= 15 is 0 Å². The lowest BCUT2D eigenvalue weighted by Gasteiger charge is -2.09. The molecule has 7 heteroatoms. The fourth-order valence-corrected chi connectivity index (χ4v) is 3.32. The second-order valence-electron chi connectivity index (χ2n) is 4.12. The monoisotopic (exact) mass is 331 g/mol. The molecule has 0 fully saturated rings. The Labute approximate surface area is 129 Å². The van der Waals surface area contributed by atoms with Crippen molar-refractivity contribution in [3.8, 4) is 0 Å². The van der Waals surface area contributed by atoms with E-state index in [9.17, 15) is 9.59 Å². The predicted molar refractivity (Wildman–Crippen MR) is 80.5 cm³/mol. The summed E-state index contributed by atoms with van der Waals surface area (Å²) in [6.45, 7) is 2.05. The lowest BCUT2D eigenvalue weighted by Crippen LogP contribution is -2.17. The van der Waals surface area contributed by atoms with Gasteiger partial charge in [0.2, 0.25) is 0 Å². The number of aromatic carboxylic acids is 1. The Balaban J connectivity index is 2.48. The Bertz CT molecular complexity index is 721. The van der Waals surface area contributed by atoms with Crippen LogP contribution in [0.1, 0.15) is 27.9 Å². The quantitative estimate of drug-likeness (QED) is 0.932. The molecule has 0 radical (unpaired) electrons. The summed E-state index contributed by atoms with van der Waals surface area (Å²) in [4.78, 5) is 22.9. The minimum atomic E-state index is -1.08. The van der Waals surface area contributed by atoms with Crippen molar-refractivity contribution in [2.45, 2.75) is 19.9 Å². The van der Waals surface area contributed by atoms with Crippen LogP contribution in [-0.2, 0) is 13.0 Å². The molecule has 2 aromatic rings. The number of carboxylic acid groups (broad SMARTS) is 1. The molecule has 0 aliphatic heterocycles. The Hall–Kier alpha value is -1.30. The maximum absolute atomic E-state index is 12.0. The molecule has 20 heavy (non-hydrogen) atoms. The van der Waals surface area contributed by atoms with Gasteiger partial charge in [0, 0.05) is 15.7 Å². The van der Waals surface area contributed by atoms with E-state index in [0.717, 1.165) is 16.9 Å². The minimum absolute atomic E-state index is 0.0857. The number of carbonyl (C=O) groups is 1. The van der Waals surface area contributed by atoms with E-state index in [2.05, 4.69) is 0 Å². The zero-order chi connectivity index (χ0) is 14.9. The number of halogens is 2. The first kappa shape index (κ1) is 15.1. The average Bonchev–Trinajstić information content (AvgIpc) is 2.69. The van der Waals surface area contributed by atoms with Gasteiger partial charge in [-0.1, -0.05) is 47.5 Å². The van der Waals surface area contributed by atoms with Crippen LogP contribution in [0.15, 0.2) is 23.0 Å². The summed E-state index contributed by atoms with van der Waals surface area (Å²) >= 11 is 12.7. The molecule has 0 amide bonds. The maximum atomic E-state index is 12.0. The van der Waals surface area contributed by atoms with Crippen LogP contribution in [-0.4, -0.2) is 15.6 Å². The number of benzene rings is 1. The summed E-state index contributed by atoms with van der Waals surface area (Å²) in [5.74, 6) is -1.08. The number of hydrogen-bond acceptors (Lipinski definition) is 3. The fourth-order valence-electron chi connectivity index (χ4n) is 1.93. The van der Waals surface area contributed by atoms with Crippen molar-refractivity contribution in [3.63, 3.8) is 0 Å². The van der Waals surface area contributed by atoms with Crippen LogP contribution in [0.25, 0.3) is 0 Å². The van der Waals surface area contributed by atoms with E-state index in [1.54, 1.807) is 18.2 Å². The third-order valence-electron chi connectivity index (χ3n) is 2.87. The standard InChI is InChI=1S/C13H11Cl2NO3S/c1-2-10-11(12(17)18)20-13(19)16(10)6-7-3-4-8(14)5-9(7)15/h3-5H,2,6H2,1H3,(H,17,18). The third kappa shape index (κ3) is 2.90. The van der Waals surface area contributed by atoms with Crippen LogP contribution < -0.4 is 4.87 Å². The first-order valence-corrected chi connectivity index (χ1v) is 7.41. The van der Waals surface area contributed by atoms with E-state index in [0.29, 0.717) is 22.2 Å². The Morgan fingerprint density at radius 2 is 2.10 bits per heavy atom. The van der Waals surface area contributed by atoms with Gasteiger partial charge in [-0.05, 0) is 24.1 Å². The number of thiazole rings is 1. The third-order valence-corrected chi connectivity index (χ3v) is 4.47. The van der Waals surface area contributed by atoms with Gasteiger partial charge in [0.15, 0.2) is 0 Å². The largest absolute Gasteiger partial charge is 0.477 e. The van der Waals surface area contributed by atoms with E-state index in [1.165, 1.54) is 4.57 Å². The second-order valence-corrected chi connectivity index (χ2v) is 5.93. The van der Waals surface area contributed by atoms with Crippen molar-refractivity contribution in [1.82, 2.24) is 4.57 Å². The highest BCUT2D eigenvalue weighted by Crippen LogP contribution is 2.23. The Morgan fingerprint density at radius 1 is 1.40 bits per heavy atom. The molecule has 1 heterocycles.